The number of nitrogens with one attached hydrogen (secondary N) is 1. The largest absolute Gasteiger partial charge is 0.329 e. The molecule has 0 bridgehead atoms. The number of hydrogen-bond donors (Lipinski definition) is 1. The maximum Gasteiger partial charge on any atom is 0.184 e. The summed E-state index contributed by atoms with van der Waals surface area (Å²) in [7, 11) is 0. The van der Waals surface area contributed by atoms with Gasteiger partial charge >= 0.3 is 0 Å². The van der Waals surface area contributed by atoms with Crippen LogP contribution in [0.15, 0.2) is 36.5 Å². The van der Waals surface area contributed by atoms with Crippen LogP contribution >= 0.6 is 34.8 Å². The van der Waals surface area contributed by atoms with Crippen molar-refractivity contribution in [3.05, 3.63) is 50.4 Å². The zero-order valence-corrected chi connectivity index (χ0v) is 12.6. The molecule has 0 saturated heterocycles. The fraction of sp³-hybridized carbons (Fsp3) is 0.0769. The molecule has 0 fully saturated rings. The minimum atomic E-state index is 0.673. The molecule has 3 nitrogen and oxygen atoms in total. The average molecular weight is 367 g/mol. The maximum atomic E-state index is 5.40. The second kappa shape index (κ2) is 4.47. The molecule has 0 amide bonds. The molecule has 3 aromatic rings. The van der Waals surface area contributed by atoms with Gasteiger partial charge in [0.2, 0.25) is 0 Å². The van der Waals surface area contributed by atoms with Gasteiger partial charge in [0.15, 0.2) is 10.4 Å². The smallest absolute Gasteiger partial charge is 0.184 e. The number of nitrogens with zero attached hydrogens (tertiary/aromatic N) is 2. The molecule has 0 saturated carbocycles. The molecule has 1 aromatic carbocycles. The van der Waals surface area contributed by atoms with E-state index in [0.29, 0.717) is 4.77 Å². The van der Waals surface area contributed by atoms with E-state index >= 15 is 0 Å². The van der Waals surface area contributed by atoms with Gasteiger partial charge in [0, 0.05) is 9.77 Å². The molecule has 1 N–H and O–H groups in total. The van der Waals surface area contributed by atoms with Crippen LogP contribution in [0.4, 0.5) is 0 Å². The van der Waals surface area contributed by atoms with E-state index in [0.717, 1.165) is 26.0 Å². The maximum absolute atomic E-state index is 5.40. The van der Waals surface area contributed by atoms with Gasteiger partial charge in [0.1, 0.15) is 0 Å². The van der Waals surface area contributed by atoms with Gasteiger partial charge in [0.25, 0.3) is 0 Å². The minimum Gasteiger partial charge on any atom is -0.329 e. The number of aromatic amines is 1. The lowest BCUT2D eigenvalue weighted by molar-refractivity contribution is 1.04. The Morgan fingerprint density at radius 2 is 2.11 bits per heavy atom. The van der Waals surface area contributed by atoms with Gasteiger partial charge < -0.3 is 4.98 Å². The molecule has 18 heavy (non-hydrogen) atoms. The summed E-state index contributed by atoms with van der Waals surface area (Å²) in [5, 5.41) is 0. The van der Waals surface area contributed by atoms with Crippen molar-refractivity contribution in [2.45, 2.75) is 6.92 Å². The number of aryl methyl sites for hydroxylation is 1. The Kier molecular flexibility index (Phi) is 2.95. The highest BCUT2D eigenvalue weighted by atomic mass is 127. The Labute approximate surface area is 123 Å². The predicted octanol–water partition coefficient (Wildman–Crippen LogP) is 4.00. The second-order valence-corrected chi connectivity index (χ2v) is 5.65. The van der Waals surface area contributed by atoms with Crippen LogP contribution in [0, 0.1) is 15.3 Å². The second-order valence-electron chi connectivity index (χ2n) is 4.10. The molecule has 0 aliphatic rings. The fourth-order valence-electron chi connectivity index (χ4n) is 1.96. The zero-order chi connectivity index (χ0) is 12.7. The normalized spacial score (nSPS) is 11.0. The summed E-state index contributed by atoms with van der Waals surface area (Å²) in [4.78, 5) is 7.69. The van der Waals surface area contributed by atoms with E-state index in [1.54, 1.807) is 0 Å². The van der Waals surface area contributed by atoms with Crippen molar-refractivity contribution in [2.24, 2.45) is 0 Å². The summed E-state index contributed by atoms with van der Waals surface area (Å²) in [5.41, 5.74) is 4.02. The highest BCUT2D eigenvalue weighted by Crippen LogP contribution is 2.22. The lowest BCUT2D eigenvalue weighted by Crippen LogP contribution is -1.98. The van der Waals surface area contributed by atoms with Crippen molar-refractivity contribution in [3.63, 3.8) is 0 Å². The van der Waals surface area contributed by atoms with E-state index in [-0.39, 0.29) is 0 Å². The number of imidazole rings is 1. The number of hydrogen-bond acceptors (Lipinski definition) is 2. The van der Waals surface area contributed by atoms with Crippen molar-refractivity contribution in [3.8, 4) is 5.69 Å². The number of benzene rings is 1. The number of rotatable bonds is 1. The highest BCUT2D eigenvalue weighted by Gasteiger charge is 2.09. The molecule has 0 aliphatic heterocycles. The van der Waals surface area contributed by atoms with E-state index < -0.39 is 0 Å². The first kappa shape index (κ1) is 11.9. The van der Waals surface area contributed by atoms with E-state index in [9.17, 15) is 0 Å². The van der Waals surface area contributed by atoms with E-state index in [1.165, 1.54) is 0 Å². The van der Waals surface area contributed by atoms with Crippen LogP contribution in [-0.2, 0) is 0 Å². The zero-order valence-electron chi connectivity index (χ0n) is 9.64. The van der Waals surface area contributed by atoms with Crippen LogP contribution in [0.2, 0.25) is 0 Å². The quantitative estimate of drug-likeness (QED) is 0.521. The van der Waals surface area contributed by atoms with Gasteiger partial charge in [-0.05, 0) is 65.5 Å². The molecule has 5 heteroatoms. The average Bonchev–Trinajstić information content (AvgIpc) is 2.65. The van der Waals surface area contributed by atoms with E-state index in [1.807, 2.05) is 35.9 Å². The lowest BCUT2D eigenvalue weighted by atomic mass is 10.3. The first-order valence-electron chi connectivity index (χ1n) is 5.49. The number of pyridine rings is 1. The SMILES string of the molecule is Cc1cnc2c(c1)[nH]c(=S)n2-c1ccccc1I. The number of aromatic nitrogens is 3. The van der Waals surface area contributed by atoms with Crippen molar-refractivity contribution >= 4 is 46.0 Å². The van der Waals surface area contributed by atoms with Crippen molar-refractivity contribution in [1.82, 2.24) is 14.5 Å². The van der Waals surface area contributed by atoms with Gasteiger partial charge in [-0.3, -0.25) is 4.57 Å². The van der Waals surface area contributed by atoms with Crippen LogP contribution in [0.1, 0.15) is 5.56 Å². The fourth-order valence-corrected chi connectivity index (χ4v) is 2.88. The van der Waals surface area contributed by atoms with Gasteiger partial charge in [-0.1, -0.05) is 12.1 Å². The Bertz CT molecular complexity index is 788. The Balaban J connectivity index is 2.40. The molecule has 2 heterocycles. The van der Waals surface area contributed by atoms with Crippen LogP contribution in [0.25, 0.3) is 16.9 Å². The Morgan fingerprint density at radius 1 is 1.33 bits per heavy atom. The summed E-state index contributed by atoms with van der Waals surface area (Å²) in [6.07, 6.45) is 1.86. The van der Waals surface area contributed by atoms with Crippen LogP contribution < -0.4 is 0 Å². The summed E-state index contributed by atoms with van der Waals surface area (Å²) in [6, 6.07) is 10.2. The first-order chi connectivity index (χ1) is 8.66. The Morgan fingerprint density at radius 3 is 2.89 bits per heavy atom. The molecule has 2 aromatic heterocycles. The third-order valence-electron chi connectivity index (χ3n) is 2.75. The molecule has 0 unspecified atom stereocenters. The van der Waals surface area contributed by atoms with Crippen molar-refractivity contribution < 1.29 is 0 Å². The van der Waals surface area contributed by atoms with Crippen LogP contribution in [-0.4, -0.2) is 14.5 Å². The predicted molar refractivity (Wildman–Crippen MR) is 83.7 cm³/mol. The first-order valence-corrected chi connectivity index (χ1v) is 6.98. The molecule has 0 spiro atoms. The van der Waals surface area contributed by atoms with Gasteiger partial charge in [0.05, 0.1) is 11.2 Å². The highest BCUT2D eigenvalue weighted by molar-refractivity contribution is 14.1. The van der Waals surface area contributed by atoms with Gasteiger partial charge in [-0.25, -0.2) is 4.98 Å². The Hall–Kier alpha value is -1.21. The molecular formula is C13H10IN3S. The molecule has 3 rings (SSSR count). The standard InChI is InChI=1S/C13H10IN3S/c1-8-6-10-12(15-7-8)17(13(18)16-10)11-5-3-2-4-9(11)14/h2-7H,1H3,(H,16,18). The number of para-hydroxylation sites is 1. The third-order valence-corrected chi connectivity index (χ3v) is 3.95. The molecule has 0 aliphatic carbocycles. The number of halogens is 1. The summed E-state index contributed by atoms with van der Waals surface area (Å²) in [5.74, 6) is 0. The summed E-state index contributed by atoms with van der Waals surface area (Å²) < 4.78 is 3.80. The molecule has 90 valence electrons. The van der Waals surface area contributed by atoms with Crippen molar-refractivity contribution in [1.29, 1.82) is 0 Å². The van der Waals surface area contributed by atoms with Crippen LogP contribution in [0.5, 0.6) is 0 Å². The van der Waals surface area contributed by atoms with Gasteiger partial charge in [-0.2, -0.15) is 0 Å². The molecular weight excluding hydrogens is 357 g/mol. The lowest BCUT2D eigenvalue weighted by Gasteiger charge is -2.06. The summed E-state index contributed by atoms with van der Waals surface area (Å²) in [6.45, 7) is 2.02. The minimum absolute atomic E-state index is 0.673. The third kappa shape index (κ3) is 1.87. The summed E-state index contributed by atoms with van der Waals surface area (Å²) >= 11 is 7.71. The molecule has 0 radical (unpaired) electrons. The van der Waals surface area contributed by atoms with E-state index in [4.69, 9.17) is 12.2 Å². The topological polar surface area (TPSA) is 33.6 Å². The van der Waals surface area contributed by atoms with Crippen molar-refractivity contribution in [2.75, 3.05) is 0 Å². The molecule has 0 atom stereocenters. The number of fused-ring (bicyclic) bond motifs is 1. The van der Waals surface area contributed by atoms with E-state index in [2.05, 4.69) is 44.7 Å². The van der Waals surface area contributed by atoms with Crippen LogP contribution in [0.3, 0.4) is 0 Å². The monoisotopic (exact) mass is 367 g/mol. The number of H-pyrrole nitrogens is 1. The van der Waals surface area contributed by atoms with Gasteiger partial charge in [-0.15, -0.1) is 0 Å².